The zero-order valence-electron chi connectivity index (χ0n) is 13.8. The molecule has 6 heteroatoms. The summed E-state index contributed by atoms with van der Waals surface area (Å²) in [4.78, 5) is 25.1. The molecular weight excluding hydrogens is 326 g/mol. The molecule has 1 unspecified atom stereocenters. The summed E-state index contributed by atoms with van der Waals surface area (Å²) in [5.74, 6) is -0.202. The van der Waals surface area contributed by atoms with Gasteiger partial charge >= 0.3 is 0 Å². The summed E-state index contributed by atoms with van der Waals surface area (Å²) in [6.45, 7) is 3.28. The smallest absolute Gasteiger partial charge is 0.246 e. The minimum Gasteiger partial charge on any atom is -0.374 e. The Morgan fingerprint density at radius 3 is 2.33 bits per heavy atom. The Morgan fingerprint density at radius 2 is 1.75 bits per heavy atom. The average molecular weight is 346 g/mol. The second kappa shape index (κ2) is 7.84. The first-order valence-electron chi connectivity index (χ1n) is 7.54. The number of anilines is 3. The van der Waals surface area contributed by atoms with Crippen molar-refractivity contribution < 1.29 is 9.59 Å². The van der Waals surface area contributed by atoms with Gasteiger partial charge in [0.2, 0.25) is 11.8 Å². The molecule has 0 aliphatic rings. The molecule has 0 aliphatic carbocycles. The number of hydrogen-bond acceptors (Lipinski definition) is 3. The first kappa shape index (κ1) is 17.8. The van der Waals surface area contributed by atoms with Gasteiger partial charge in [-0.25, -0.2) is 0 Å². The largest absolute Gasteiger partial charge is 0.374 e. The van der Waals surface area contributed by atoms with E-state index in [2.05, 4.69) is 10.6 Å². The Morgan fingerprint density at radius 1 is 1.08 bits per heavy atom. The first-order valence-corrected chi connectivity index (χ1v) is 7.92. The highest BCUT2D eigenvalue weighted by Crippen LogP contribution is 2.18. The number of carbonyl (C=O) groups excluding carboxylic acids is 2. The molecule has 1 atom stereocenters. The standard InChI is InChI=1S/C18H20ClN3O2/c1-12(18(24)21-16-6-4-5-14(19)11-16)20-15-7-9-17(10-8-15)22(3)13(2)23/h4-12,20H,1-3H3,(H,21,24). The van der Waals surface area contributed by atoms with Gasteiger partial charge in [-0.05, 0) is 49.4 Å². The van der Waals surface area contributed by atoms with Gasteiger partial charge in [0.1, 0.15) is 6.04 Å². The number of halogens is 1. The molecule has 0 aromatic heterocycles. The molecule has 0 aliphatic heterocycles. The maximum Gasteiger partial charge on any atom is 0.246 e. The van der Waals surface area contributed by atoms with Crippen molar-refractivity contribution in [2.75, 3.05) is 22.6 Å². The van der Waals surface area contributed by atoms with Crippen molar-refractivity contribution in [3.05, 3.63) is 53.6 Å². The molecule has 0 radical (unpaired) electrons. The molecule has 2 amide bonds. The summed E-state index contributed by atoms with van der Waals surface area (Å²) < 4.78 is 0. The molecule has 2 N–H and O–H groups in total. The summed E-state index contributed by atoms with van der Waals surface area (Å²) >= 11 is 5.91. The van der Waals surface area contributed by atoms with E-state index in [1.165, 1.54) is 6.92 Å². The quantitative estimate of drug-likeness (QED) is 0.867. The average Bonchev–Trinajstić information content (AvgIpc) is 2.54. The molecule has 2 aromatic rings. The van der Waals surface area contributed by atoms with Gasteiger partial charge in [-0.3, -0.25) is 9.59 Å². The Bertz CT molecular complexity index is 731. The van der Waals surface area contributed by atoms with Crippen LogP contribution in [0.15, 0.2) is 48.5 Å². The van der Waals surface area contributed by atoms with E-state index >= 15 is 0 Å². The molecule has 0 bridgehead atoms. The maximum absolute atomic E-state index is 12.2. The van der Waals surface area contributed by atoms with Gasteiger partial charge in [0, 0.05) is 36.1 Å². The van der Waals surface area contributed by atoms with E-state index in [1.54, 1.807) is 43.1 Å². The minimum absolute atomic E-state index is 0.0371. The third-order valence-corrected chi connectivity index (χ3v) is 3.83. The van der Waals surface area contributed by atoms with Gasteiger partial charge in [-0.15, -0.1) is 0 Å². The lowest BCUT2D eigenvalue weighted by Crippen LogP contribution is -2.31. The van der Waals surface area contributed by atoms with Crippen LogP contribution < -0.4 is 15.5 Å². The van der Waals surface area contributed by atoms with Crippen LogP contribution in [0, 0.1) is 0 Å². The number of benzene rings is 2. The minimum atomic E-state index is -0.430. The van der Waals surface area contributed by atoms with Crippen LogP contribution in [0.3, 0.4) is 0 Å². The van der Waals surface area contributed by atoms with Crippen LogP contribution in [0.4, 0.5) is 17.1 Å². The normalized spacial score (nSPS) is 11.5. The van der Waals surface area contributed by atoms with Crippen LogP contribution in [0.2, 0.25) is 5.02 Å². The van der Waals surface area contributed by atoms with Crippen LogP contribution >= 0.6 is 11.6 Å². The van der Waals surface area contributed by atoms with E-state index in [4.69, 9.17) is 11.6 Å². The molecule has 0 heterocycles. The summed E-state index contributed by atoms with van der Waals surface area (Å²) in [5.41, 5.74) is 2.24. The summed E-state index contributed by atoms with van der Waals surface area (Å²) in [5, 5.41) is 6.50. The van der Waals surface area contributed by atoms with Crippen molar-refractivity contribution in [3.8, 4) is 0 Å². The number of amides is 2. The first-order chi connectivity index (χ1) is 11.4. The second-order valence-electron chi connectivity index (χ2n) is 5.49. The molecule has 2 rings (SSSR count). The van der Waals surface area contributed by atoms with Crippen molar-refractivity contribution in [1.82, 2.24) is 0 Å². The van der Waals surface area contributed by atoms with E-state index in [1.807, 2.05) is 24.3 Å². The number of hydrogen-bond donors (Lipinski definition) is 2. The van der Waals surface area contributed by atoms with Crippen molar-refractivity contribution in [2.24, 2.45) is 0 Å². The molecule has 0 saturated carbocycles. The van der Waals surface area contributed by atoms with Gasteiger partial charge < -0.3 is 15.5 Å². The fourth-order valence-corrected chi connectivity index (χ4v) is 2.29. The highest BCUT2D eigenvalue weighted by molar-refractivity contribution is 6.30. The molecule has 2 aromatic carbocycles. The topological polar surface area (TPSA) is 61.4 Å². The Kier molecular flexibility index (Phi) is 5.82. The molecule has 5 nitrogen and oxygen atoms in total. The number of carbonyl (C=O) groups is 2. The van der Waals surface area contributed by atoms with E-state index in [-0.39, 0.29) is 11.8 Å². The SMILES string of the molecule is CC(=O)N(C)c1ccc(NC(C)C(=O)Nc2cccc(Cl)c2)cc1. The predicted molar refractivity (Wildman–Crippen MR) is 98.7 cm³/mol. The summed E-state index contributed by atoms with van der Waals surface area (Å²) in [7, 11) is 1.71. The van der Waals surface area contributed by atoms with E-state index in [9.17, 15) is 9.59 Å². The number of nitrogens with one attached hydrogen (secondary N) is 2. The van der Waals surface area contributed by atoms with E-state index in [0.717, 1.165) is 11.4 Å². The fourth-order valence-electron chi connectivity index (χ4n) is 2.10. The van der Waals surface area contributed by atoms with E-state index in [0.29, 0.717) is 10.7 Å². The fraction of sp³-hybridized carbons (Fsp3) is 0.222. The van der Waals surface area contributed by atoms with Crippen molar-refractivity contribution in [1.29, 1.82) is 0 Å². The third kappa shape index (κ3) is 4.73. The number of rotatable bonds is 5. The van der Waals surface area contributed by atoms with Gasteiger partial charge in [0.25, 0.3) is 0 Å². The molecular formula is C18H20ClN3O2. The van der Waals surface area contributed by atoms with Gasteiger partial charge in [-0.2, -0.15) is 0 Å². The Labute approximate surface area is 146 Å². The third-order valence-electron chi connectivity index (χ3n) is 3.60. The lowest BCUT2D eigenvalue weighted by Gasteiger charge is -2.18. The Balaban J connectivity index is 1.97. The van der Waals surface area contributed by atoms with Gasteiger partial charge in [0.15, 0.2) is 0 Å². The molecule has 0 fully saturated rings. The monoisotopic (exact) mass is 345 g/mol. The zero-order valence-corrected chi connectivity index (χ0v) is 14.6. The van der Waals surface area contributed by atoms with Crippen molar-refractivity contribution in [3.63, 3.8) is 0 Å². The second-order valence-corrected chi connectivity index (χ2v) is 5.93. The maximum atomic E-state index is 12.2. The Hall–Kier alpha value is -2.53. The molecule has 24 heavy (non-hydrogen) atoms. The lowest BCUT2D eigenvalue weighted by atomic mass is 10.2. The van der Waals surface area contributed by atoms with Crippen molar-refractivity contribution in [2.45, 2.75) is 19.9 Å². The summed E-state index contributed by atoms with van der Waals surface area (Å²) in [6.07, 6.45) is 0. The van der Waals surface area contributed by atoms with Gasteiger partial charge in [0.05, 0.1) is 0 Å². The molecule has 0 saturated heterocycles. The van der Waals surface area contributed by atoms with Crippen LogP contribution in [-0.4, -0.2) is 24.9 Å². The highest BCUT2D eigenvalue weighted by atomic mass is 35.5. The van der Waals surface area contributed by atoms with Crippen molar-refractivity contribution >= 4 is 40.5 Å². The predicted octanol–water partition coefficient (Wildman–Crippen LogP) is 3.76. The highest BCUT2D eigenvalue weighted by Gasteiger charge is 2.13. The van der Waals surface area contributed by atoms with E-state index < -0.39 is 6.04 Å². The number of nitrogens with zero attached hydrogens (tertiary/aromatic N) is 1. The molecule has 0 spiro atoms. The molecule has 126 valence electrons. The van der Waals surface area contributed by atoms with Crippen LogP contribution in [0.1, 0.15) is 13.8 Å². The van der Waals surface area contributed by atoms with Crippen LogP contribution in [0.5, 0.6) is 0 Å². The van der Waals surface area contributed by atoms with Crippen LogP contribution in [0.25, 0.3) is 0 Å². The summed E-state index contributed by atoms with van der Waals surface area (Å²) in [6, 6.07) is 13.9. The van der Waals surface area contributed by atoms with Crippen LogP contribution in [-0.2, 0) is 9.59 Å². The lowest BCUT2D eigenvalue weighted by molar-refractivity contribution is -0.117. The van der Waals surface area contributed by atoms with Gasteiger partial charge in [-0.1, -0.05) is 17.7 Å². The zero-order chi connectivity index (χ0) is 17.7.